The number of amides is 1. The van der Waals surface area contributed by atoms with Crippen LogP contribution in [0.3, 0.4) is 0 Å². The Morgan fingerprint density at radius 2 is 2.20 bits per heavy atom. The largest absolute Gasteiger partial charge is 0.370 e. The van der Waals surface area contributed by atoms with Crippen molar-refractivity contribution in [2.75, 3.05) is 23.3 Å². The second-order valence-electron chi connectivity index (χ2n) is 5.65. The van der Waals surface area contributed by atoms with Gasteiger partial charge in [0.2, 0.25) is 15.9 Å². The molecule has 9 heteroatoms. The Balaban J connectivity index is 1.63. The molecule has 1 aliphatic rings. The van der Waals surface area contributed by atoms with Crippen molar-refractivity contribution in [1.29, 1.82) is 5.26 Å². The van der Waals surface area contributed by atoms with E-state index in [0.717, 1.165) is 17.8 Å². The van der Waals surface area contributed by atoms with E-state index in [1.165, 1.54) is 17.4 Å². The van der Waals surface area contributed by atoms with Crippen LogP contribution in [0.4, 0.5) is 10.7 Å². The van der Waals surface area contributed by atoms with Crippen molar-refractivity contribution in [3.8, 4) is 6.07 Å². The molecular formula is C16H16N4O3S2. The number of fused-ring (bicyclic) bond motifs is 1. The molecule has 0 fully saturated rings. The monoisotopic (exact) mass is 376 g/mol. The number of carbonyl (C=O) groups is 1. The number of nitriles is 1. The third kappa shape index (κ3) is 3.82. The van der Waals surface area contributed by atoms with Crippen molar-refractivity contribution in [3.05, 3.63) is 40.8 Å². The highest BCUT2D eigenvalue weighted by molar-refractivity contribution is 7.89. The number of primary sulfonamides is 1. The molecule has 3 rings (SSSR count). The maximum Gasteiger partial charge on any atom is 0.238 e. The molecule has 1 amide bonds. The van der Waals surface area contributed by atoms with Gasteiger partial charge in [0.1, 0.15) is 11.1 Å². The van der Waals surface area contributed by atoms with Gasteiger partial charge in [-0.25, -0.2) is 13.6 Å². The van der Waals surface area contributed by atoms with Crippen molar-refractivity contribution in [2.45, 2.75) is 17.7 Å². The topological polar surface area (TPSA) is 116 Å². The minimum absolute atomic E-state index is 0.104. The molecule has 1 aromatic heterocycles. The van der Waals surface area contributed by atoms with E-state index in [-0.39, 0.29) is 17.2 Å². The SMILES string of the molecule is N#Cc1ccsc1NC(=O)CCN1CCc2cc(S(N)(=O)=O)ccc21. The van der Waals surface area contributed by atoms with Gasteiger partial charge in [-0.2, -0.15) is 5.26 Å². The number of sulfonamides is 1. The molecular weight excluding hydrogens is 360 g/mol. The first kappa shape index (κ1) is 17.4. The maximum atomic E-state index is 12.1. The van der Waals surface area contributed by atoms with Crippen LogP contribution < -0.4 is 15.4 Å². The second kappa shape index (κ2) is 6.84. The highest BCUT2D eigenvalue weighted by Crippen LogP contribution is 2.30. The molecule has 2 heterocycles. The van der Waals surface area contributed by atoms with Crippen molar-refractivity contribution in [2.24, 2.45) is 5.14 Å². The predicted molar refractivity (Wildman–Crippen MR) is 96.0 cm³/mol. The van der Waals surface area contributed by atoms with Crippen LogP contribution >= 0.6 is 11.3 Å². The van der Waals surface area contributed by atoms with Gasteiger partial charge < -0.3 is 10.2 Å². The van der Waals surface area contributed by atoms with Crippen LogP contribution in [0.5, 0.6) is 0 Å². The number of thiophene rings is 1. The number of carbonyl (C=O) groups excluding carboxylic acids is 1. The number of hydrogen-bond donors (Lipinski definition) is 2. The third-order valence-electron chi connectivity index (χ3n) is 4.02. The molecule has 0 radical (unpaired) electrons. The summed E-state index contributed by atoms with van der Waals surface area (Å²) in [7, 11) is -3.71. The standard InChI is InChI=1S/C16H16N4O3S2/c17-10-12-5-8-24-16(12)19-15(21)4-7-20-6-3-11-9-13(25(18,22)23)1-2-14(11)20/h1-2,5,8-9H,3-4,6-7H2,(H,19,21)(H2,18,22,23). The van der Waals surface area contributed by atoms with Gasteiger partial charge in [-0.15, -0.1) is 11.3 Å². The predicted octanol–water partition coefficient (Wildman–Crippen LogP) is 1.66. The van der Waals surface area contributed by atoms with E-state index in [2.05, 4.69) is 5.32 Å². The highest BCUT2D eigenvalue weighted by atomic mass is 32.2. The Hall–Kier alpha value is -2.41. The molecule has 130 valence electrons. The quantitative estimate of drug-likeness (QED) is 0.823. The van der Waals surface area contributed by atoms with Gasteiger partial charge in [0, 0.05) is 25.2 Å². The lowest BCUT2D eigenvalue weighted by Crippen LogP contribution is -2.26. The van der Waals surface area contributed by atoms with Gasteiger partial charge in [0.05, 0.1) is 10.5 Å². The van der Waals surface area contributed by atoms with Gasteiger partial charge in [0.15, 0.2) is 0 Å². The summed E-state index contributed by atoms with van der Waals surface area (Å²) in [6, 6.07) is 8.51. The van der Waals surface area contributed by atoms with Crippen molar-refractivity contribution < 1.29 is 13.2 Å². The summed E-state index contributed by atoms with van der Waals surface area (Å²) in [5, 5.41) is 19.2. The lowest BCUT2D eigenvalue weighted by molar-refractivity contribution is -0.116. The molecule has 3 N–H and O–H groups in total. The molecule has 0 aliphatic carbocycles. The van der Waals surface area contributed by atoms with E-state index in [4.69, 9.17) is 10.4 Å². The van der Waals surface area contributed by atoms with Gasteiger partial charge in [0.25, 0.3) is 0 Å². The molecule has 25 heavy (non-hydrogen) atoms. The summed E-state index contributed by atoms with van der Waals surface area (Å²) >= 11 is 1.32. The number of nitrogens with one attached hydrogen (secondary N) is 1. The molecule has 1 aromatic carbocycles. The zero-order valence-electron chi connectivity index (χ0n) is 13.2. The lowest BCUT2D eigenvalue weighted by atomic mass is 10.2. The average Bonchev–Trinajstić information content (AvgIpc) is 3.17. The fraction of sp³-hybridized carbons (Fsp3) is 0.250. The summed E-state index contributed by atoms with van der Waals surface area (Å²) in [5.74, 6) is -0.159. The third-order valence-corrected chi connectivity index (χ3v) is 5.76. The Kier molecular flexibility index (Phi) is 4.76. The summed E-state index contributed by atoms with van der Waals surface area (Å²) in [4.78, 5) is 14.2. The van der Waals surface area contributed by atoms with Crippen molar-refractivity contribution in [1.82, 2.24) is 0 Å². The van der Waals surface area contributed by atoms with Crippen LogP contribution in [-0.4, -0.2) is 27.4 Å². The Labute approximate surface area is 149 Å². The lowest BCUT2D eigenvalue weighted by Gasteiger charge is -2.19. The molecule has 0 spiro atoms. The van der Waals surface area contributed by atoms with Crippen LogP contribution in [0.2, 0.25) is 0 Å². The summed E-state index contributed by atoms with van der Waals surface area (Å²) in [6.07, 6.45) is 0.989. The van der Waals surface area contributed by atoms with E-state index >= 15 is 0 Å². The normalized spacial score (nSPS) is 13.4. The molecule has 1 aliphatic heterocycles. The first-order chi connectivity index (χ1) is 11.9. The molecule has 7 nitrogen and oxygen atoms in total. The molecule has 0 saturated carbocycles. The number of hydrogen-bond acceptors (Lipinski definition) is 6. The smallest absolute Gasteiger partial charge is 0.238 e. The number of rotatable bonds is 5. The van der Waals surface area contributed by atoms with Crippen molar-refractivity contribution in [3.63, 3.8) is 0 Å². The summed E-state index contributed by atoms with van der Waals surface area (Å²) < 4.78 is 22.8. The fourth-order valence-corrected chi connectivity index (χ4v) is 4.09. The first-order valence-corrected chi connectivity index (χ1v) is 9.99. The summed E-state index contributed by atoms with van der Waals surface area (Å²) in [5.41, 5.74) is 2.30. The van der Waals surface area contributed by atoms with Crippen LogP contribution in [-0.2, 0) is 21.2 Å². The summed E-state index contributed by atoms with van der Waals surface area (Å²) in [6.45, 7) is 1.24. The van der Waals surface area contributed by atoms with E-state index in [0.29, 0.717) is 23.5 Å². The molecule has 0 saturated heterocycles. The number of nitrogens with zero attached hydrogens (tertiary/aromatic N) is 2. The van der Waals surface area contributed by atoms with E-state index < -0.39 is 10.0 Å². The zero-order chi connectivity index (χ0) is 18.0. The minimum Gasteiger partial charge on any atom is -0.370 e. The molecule has 0 atom stereocenters. The minimum atomic E-state index is -3.71. The molecule has 0 unspecified atom stereocenters. The zero-order valence-corrected chi connectivity index (χ0v) is 14.9. The average molecular weight is 376 g/mol. The second-order valence-corrected chi connectivity index (χ2v) is 8.12. The van der Waals surface area contributed by atoms with E-state index in [1.807, 2.05) is 11.0 Å². The van der Waals surface area contributed by atoms with Crippen LogP contribution in [0.15, 0.2) is 34.5 Å². The number of nitrogens with two attached hydrogens (primary N) is 1. The van der Waals surface area contributed by atoms with Crippen molar-refractivity contribution >= 4 is 38.0 Å². The van der Waals surface area contributed by atoms with Gasteiger partial charge in [-0.05, 0) is 41.6 Å². The Morgan fingerprint density at radius 3 is 2.92 bits per heavy atom. The fourth-order valence-electron chi connectivity index (χ4n) is 2.78. The van der Waals surface area contributed by atoms with Gasteiger partial charge >= 0.3 is 0 Å². The van der Waals surface area contributed by atoms with Crippen LogP contribution in [0.25, 0.3) is 0 Å². The number of benzene rings is 1. The van der Waals surface area contributed by atoms with E-state index in [1.54, 1.807) is 23.6 Å². The maximum absolute atomic E-state index is 12.1. The Bertz CT molecular complexity index is 960. The molecule has 2 aromatic rings. The van der Waals surface area contributed by atoms with E-state index in [9.17, 15) is 13.2 Å². The van der Waals surface area contributed by atoms with Gasteiger partial charge in [-0.1, -0.05) is 0 Å². The molecule has 0 bridgehead atoms. The van der Waals surface area contributed by atoms with Crippen LogP contribution in [0.1, 0.15) is 17.5 Å². The number of anilines is 2. The van der Waals surface area contributed by atoms with Gasteiger partial charge in [-0.3, -0.25) is 4.79 Å². The van der Waals surface area contributed by atoms with Crippen LogP contribution in [0, 0.1) is 11.3 Å². The highest BCUT2D eigenvalue weighted by Gasteiger charge is 2.22. The Morgan fingerprint density at radius 1 is 1.40 bits per heavy atom. The first-order valence-electron chi connectivity index (χ1n) is 7.56.